The number of benzene rings is 2. The number of anilines is 1. The number of carbonyl (C=O) groups excluding carboxylic acids is 1. The molecule has 0 aliphatic rings. The molecular weight excluding hydrogens is 320 g/mol. The van der Waals surface area contributed by atoms with Crippen LogP contribution in [-0.2, 0) is 7.05 Å². The predicted molar refractivity (Wildman–Crippen MR) is 95.4 cm³/mol. The summed E-state index contributed by atoms with van der Waals surface area (Å²) >= 11 is 1.53. The van der Waals surface area contributed by atoms with Gasteiger partial charge < -0.3 is 9.88 Å². The van der Waals surface area contributed by atoms with Crippen molar-refractivity contribution in [1.82, 2.24) is 14.8 Å². The molecule has 5 nitrogen and oxygen atoms in total. The van der Waals surface area contributed by atoms with Crippen molar-refractivity contribution in [3.63, 3.8) is 0 Å². The zero-order valence-corrected chi connectivity index (χ0v) is 14.6. The first-order valence-corrected chi connectivity index (χ1v) is 8.35. The van der Waals surface area contributed by atoms with Gasteiger partial charge in [-0.15, -0.1) is 10.2 Å². The Bertz CT molecular complexity index is 871. The summed E-state index contributed by atoms with van der Waals surface area (Å²) in [5.74, 6) is -0.105. The van der Waals surface area contributed by atoms with E-state index in [1.807, 2.05) is 67.9 Å². The van der Waals surface area contributed by atoms with Crippen LogP contribution in [0, 0.1) is 13.8 Å². The lowest BCUT2D eigenvalue weighted by Crippen LogP contribution is -2.12. The summed E-state index contributed by atoms with van der Waals surface area (Å²) in [6.45, 7) is 4.04. The molecule has 1 amide bonds. The van der Waals surface area contributed by atoms with Crippen LogP contribution in [0.5, 0.6) is 0 Å². The molecule has 0 saturated carbocycles. The zero-order valence-electron chi connectivity index (χ0n) is 13.8. The molecule has 2 aromatic carbocycles. The van der Waals surface area contributed by atoms with Crippen LogP contribution in [0.1, 0.15) is 21.5 Å². The minimum atomic E-state index is -0.105. The van der Waals surface area contributed by atoms with Crippen molar-refractivity contribution < 1.29 is 4.79 Å². The van der Waals surface area contributed by atoms with E-state index in [1.165, 1.54) is 17.3 Å². The lowest BCUT2D eigenvalue weighted by Gasteiger charge is -2.08. The summed E-state index contributed by atoms with van der Waals surface area (Å²) in [5.41, 5.74) is 3.71. The van der Waals surface area contributed by atoms with Gasteiger partial charge in [0.1, 0.15) is 6.33 Å². The van der Waals surface area contributed by atoms with Crippen LogP contribution in [0.2, 0.25) is 0 Å². The molecule has 0 atom stereocenters. The van der Waals surface area contributed by atoms with Crippen LogP contribution >= 0.6 is 11.8 Å². The summed E-state index contributed by atoms with van der Waals surface area (Å²) in [6.07, 6.45) is 1.67. The third kappa shape index (κ3) is 3.65. The summed E-state index contributed by atoms with van der Waals surface area (Å²) in [4.78, 5) is 13.4. The van der Waals surface area contributed by atoms with Gasteiger partial charge in [0, 0.05) is 23.2 Å². The van der Waals surface area contributed by atoms with Crippen LogP contribution < -0.4 is 5.32 Å². The highest BCUT2D eigenvalue weighted by atomic mass is 32.2. The van der Waals surface area contributed by atoms with E-state index in [2.05, 4.69) is 15.5 Å². The van der Waals surface area contributed by atoms with E-state index >= 15 is 0 Å². The second-order valence-electron chi connectivity index (χ2n) is 5.60. The molecule has 0 aliphatic heterocycles. The topological polar surface area (TPSA) is 59.8 Å². The summed E-state index contributed by atoms with van der Waals surface area (Å²) < 4.78 is 1.86. The van der Waals surface area contributed by atoms with E-state index in [4.69, 9.17) is 0 Å². The van der Waals surface area contributed by atoms with Gasteiger partial charge >= 0.3 is 0 Å². The Kier molecular flexibility index (Phi) is 4.66. The van der Waals surface area contributed by atoms with Gasteiger partial charge in [-0.25, -0.2) is 0 Å². The monoisotopic (exact) mass is 338 g/mol. The fourth-order valence-corrected chi connectivity index (χ4v) is 2.92. The SMILES string of the molecule is Cc1ccc(C(=O)Nc2ccc(Sc3nncn3C)cc2)cc1C. The van der Waals surface area contributed by atoms with Gasteiger partial charge in [0.25, 0.3) is 5.91 Å². The van der Waals surface area contributed by atoms with E-state index < -0.39 is 0 Å². The fourth-order valence-electron chi connectivity index (χ4n) is 2.16. The maximum atomic E-state index is 12.3. The lowest BCUT2D eigenvalue weighted by atomic mass is 10.1. The number of aromatic nitrogens is 3. The number of nitrogens with one attached hydrogen (secondary N) is 1. The number of hydrogen-bond acceptors (Lipinski definition) is 4. The van der Waals surface area contributed by atoms with Gasteiger partial charge in [0.15, 0.2) is 5.16 Å². The maximum absolute atomic E-state index is 12.3. The molecule has 0 spiro atoms. The lowest BCUT2D eigenvalue weighted by molar-refractivity contribution is 0.102. The number of carbonyl (C=O) groups is 1. The molecule has 1 aromatic heterocycles. The maximum Gasteiger partial charge on any atom is 0.255 e. The minimum absolute atomic E-state index is 0.105. The summed E-state index contributed by atoms with van der Waals surface area (Å²) in [7, 11) is 1.90. The number of aryl methyl sites for hydroxylation is 3. The number of nitrogens with zero attached hydrogens (tertiary/aromatic N) is 3. The molecule has 24 heavy (non-hydrogen) atoms. The van der Waals surface area contributed by atoms with E-state index in [1.54, 1.807) is 6.33 Å². The largest absolute Gasteiger partial charge is 0.322 e. The highest BCUT2D eigenvalue weighted by Gasteiger charge is 2.08. The number of rotatable bonds is 4. The second kappa shape index (κ2) is 6.88. The van der Waals surface area contributed by atoms with Crippen molar-refractivity contribution in [2.75, 3.05) is 5.32 Å². The molecule has 0 unspecified atom stereocenters. The third-order valence-corrected chi connectivity index (χ3v) is 4.82. The zero-order chi connectivity index (χ0) is 17.1. The van der Waals surface area contributed by atoms with Gasteiger partial charge in [0.2, 0.25) is 0 Å². The molecule has 0 bridgehead atoms. The number of amides is 1. The van der Waals surface area contributed by atoms with Crippen molar-refractivity contribution in [2.45, 2.75) is 23.9 Å². The standard InChI is InChI=1S/C18H18N4OS/c1-12-4-5-14(10-13(12)2)17(23)20-15-6-8-16(9-7-15)24-18-21-19-11-22(18)3/h4-11H,1-3H3,(H,20,23). The molecule has 0 aliphatic carbocycles. The molecule has 0 fully saturated rings. The highest BCUT2D eigenvalue weighted by molar-refractivity contribution is 7.99. The average molecular weight is 338 g/mol. The Morgan fingerprint density at radius 2 is 1.83 bits per heavy atom. The first kappa shape index (κ1) is 16.3. The fraction of sp³-hybridized carbons (Fsp3) is 0.167. The van der Waals surface area contributed by atoms with Crippen LogP contribution in [0.25, 0.3) is 0 Å². The minimum Gasteiger partial charge on any atom is -0.322 e. The normalized spacial score (nSPS) is 10.6. The summed E-state index contributed by atoms with van der Waals surface area (Å²) in [6, 6.07) is 13.4. The van der Waals surface area contributed by atoms with Crippen molar-refractivity contribution in [1.29, 1.82) is 0 Å². The Morgan fingerprint density at radius 1 is 1.08 bits per heavy atom. The van der Waals surface area contributed by atoms with Crippen LogP contribution in [0.4, 0.5) is 5.69 Å². The first-order chi connectivity index (χ1) is 11.5. The third-order valence-electron chi connectivity index (χ3n) is 3.76. The van der Waals surface area contributed by atoms with Crippen molar-refractivity contribution in [3.8, 4) is 0 Å². The average Bonchev–Trinajstić information content (AvgIpc) is 2.97. The Hall–Kier alpha value is -2.60. The first-order valence-electron chi connectivity index (χ1n) is 7.53. The van der Waals surface area contributed by atoms with Gasteiger partial charge in [-0.1, -0.05) is 6.07 Å². The van der Waals surface area contributed by atoms with Gasteiger partial charge in [0.05, 0.1) is 0 Å². The molecule has 1 N–H and O–H groups in total. The van der Waals surface area contributed by atoms with Gasteiger partial charge in [-0.3, -0.25) is 4.79 Å². The van der Waals surface area contributed by atoms with Gasteiger partial charge in [-0.05, 0) is 73.1 Å². The Morgan fingerprint density at radius 3 is 2.46 bits per heavy atom. The second-order valence-corrected chi connectivity index (χ2v) is 6.64. The van der Waals surface area contributed by atoms with Crippen LogP contribution in [-0.4, -0.2) is 20.7 Å². The molecule has 1 heterocycles. The van der Waals surface area contributed by atoms with Gasteiger partial charge in [-0.2, -0.15) is 0 Å². The number of hydrogen-bond donors (Lipinski definition) is 1. The van der Waals surface area contributed by atoms with Crippen molar-refractivity contribution >= 4 is 23.4 Å². The molecular formula is C18H18N4OS. The Balaban J connectivity index is 1.68. The predicted octanol–water partition coefficient (Wildman–Crippen LogP) is 3.84. The van der Waals surface area contributed by atoms with E-state index in [9.17, 15) is 4.79 Å². The quantitative estimate of drug-likeness (QED) is 0.785. The van der Waals surface area contributed by atoms with Crippen molar-refractivity contribution in [3.05, 3.63) is 65.5 Å². The van der Waals surface area contributed by atoms with E-state index in [0.29, 0.717) is 5.56 Å². The molecule has 3 aromatic rings. The smallest absolute Gasteiger partial charge is 0.255 e. The molecule has 6 heteroatoms. The molecule has 122 valence electrons. The van der Waals surface area contributed by atoms with E-state index in [0.717, 1.165) is 21.3 Å². The van der Waals surface area contributed by atoms with E-state index in [-0.39, 0.29) is 5.91 Å². The Labute approximate surface area is 145 Å². The van der Waals surface area contributed by atoms with Crippen LogP contribution in [0.3, 0.4) is 0 Å². The molecule has 3 rings (SSSR count). The summed E-state index contributed by atoms with van der Waals surface area (Å²) in [5, 5.41) is 11.6. The van der Waals surface area contributed by atoms with Crippen molar-refractivity contribution in [2.24, 2.45) is 7.05 Å². The molecule has 0 saturated heterocycles. The highest BCUT2D eigenvalue weighted by Crippen LogP contribution is 2.26. The molecule has 0 radical (unpaired) electrons. The van der Waals surface area contributed by atoms with Crippen LogP contribution in [0.15, 0.2) is 58.8 Å².